The van der Waals surface area contributed by atoms with E-state index < -0.39 is 18.1 Å². The van der Waals surface area contributed by atoms with Gasteiger partial charge in [-0.15, -0.1) is 0 Å². The minimum atomic E-state index is -4.33. The van der Waals surface area contributed by atoms with Crippen LogP contribution in [-0.4, -0.2) is 16.3 Å². The van der Waals surface area contributed by atoms with Crippen molar-refractivity contribution < 1.29 is 17.7 Å². The predicted molar refractivity (Wildman–Crippen MR) is 62.2 cm³/mol. The quantitative estimate of drug-likeness (QED) is 0.922. The van der Waals surface area contributed by atoms with Crippen molar-refractivity contribution in [2.24, 2.45) is 11.7 Å². The molecule has 2 rings (SSSR count). The standard InChI is InChI=1S/C12H18F3N3O/c1-2-8-3-5-11(16,6-4-8)10-17-9(18-19-10)7-12(13,14)15/h8H,2-7,16H2,1H3. The van der Waals surface area contributed by atoms with Crippen molar-refractivity contribution in [1.29, 1.82) is 0 Å². The third-order valence-corrected chi connectivity index (χ3v) is 3.83. The Hall–Kier alpha value is -1.11. The molecule has 0 amide bonds. The van der Waals surface area contributed by atoms with E-state index in [0.717, 1.165) is 19.3 Å². The fraction of sp³-hybridized carbons (Fsp3) is 0.833. The Balaban J connectivity index is 2.06. The molecule has 19 heavy (non-hydrogen) atoms. The van der Waals surface area contributed by atoms with Gasteiger partial charge in [0.25, 0.3) is 0 Å². The molecule has 1 heterocycles. The topological polar surface area (TPSA) is 64.9 Å². The molecule has 0 atom stereocenters. The number of alkyl halides is 3. The molecular weight excluding hydrogens is 259 g/mol. The van der Waals surface area contributed by atoms with E-state index in [-0.39, 0.29) is 11.7 Å². The molecule has 1 aliphatic rings. The lowest BCUT2D eigenvalue weighted by atomic mass is 9.76. The number of hydrogen-bond acceptors (Lipinski definition) is 4. The van der Waals surface area contributed by atoms with E-state index in [4.69, 9.17) is 10.3 Å². The lowest BCUT2D eigenvalue weighted by molar-refractivity contribution is -0.128. The Morgan fingerprint density at radius 1 is 1.37 bits per heavy atom. The molecule has 0 bridgehead atoms. The maximum absolute atomic E-state index is 12.2. The van der Waals surface area contributed by atoms with Gasteiger partial charge in [0, 0.05) is 0 Å². The molecule has 0 aromatic carbocycles. The van der Waals surface area contributed by atoms with E-state index in [9.17, 15) is 13.2 Å². The smallest absolute Gasteiger partial charge is 0.337 e. The van der Waals surface area contributed by atoms with Crippen molar-refractivity contribution in [3.05, 3.63) is 11.7 Å². The van der Waals surface area contributed by atoms with Crippen molar-refractivity contribution >= 4 is 0 Å². The fourth-order valence-corrected chi connectivity index (χ4v) is 2.52. The zero-order valence-corrected chi connectivity index (χ0v) is 10.8. The molecule has 0 saturated heterocycles. The third-order valence-electron chi connectivity index (χ3n) is 3.83. The average molecular weight is 277 g/mol. The highest BCUT2D eigenvalue weighted by atomic mass is 19.4. The second kappa shape index (κ2) is 5.11. The Morgan fingerprint density at radius 2 is 2.00 bits per heavy atom. The summed E-state index contributed by atoms with van der Waals surface area (Å²) in [5, 5.41) is 3.38. The van der Waals surface area contributed by atoms with Crippen LogP contribution in [0.1, 0.15) is 50.7 Å². The van der Waals surface area contributed by atoms with Gasteiger partial charge < -0.3 is 10.3 Å². The van der Waals surface area contributed by atoms with Gasteiger partial charge in [-0.3, -0.25) is 0 Å². The summed E-state index contributed by atoms with van der Waals surface area (Å²) in [6.07, 6.45) is -1.15. The first kappa shape index (κ1) is 14.3. The second-order valence-electron chi connectivity index (χ2n) is 5.32. The summed E-state index contributed by atoms with van der Waals surface area (Å²) in [5.74, 6) is 0.431. The minimum absolute atomic E-state index is 0.140. The van der Waals surface area contributed by atoms with Crippen molar-refractivity contribution in [1.82, 2.24) is 10.1 Å². The molecule has 7 heteroatoms. The van der Waals surface area contributed by atoms with Gasteiger partial charge in [-0.1, -0.05) is 18.5 Å². The summed E-state index contributed by atoms with van der Waals surface area (Å²) >= 11 is 0. The molecule has 0 aliphatic heterocycles. The summed E-state index contributed by atoms with van der Waals surface area (Å²) in [6.45, 7) is 2.13. The van der Waals surface area contributed by atoms with Crippen LogP contribution in [0.5, 0.6) is 0 Å². The van der Waals surface area contributed by atoms with E-state index >= 15 is 0 Å². The van der Waals surface area contributed by atoms with Crippen LogP contribution in [0.4, 0.5) is 13.2 Å². The molecule has 1 aliphatic carbocycles. The number of rotatable bonds is 3. The van der Waals surface area contributed by atoms with E-state index in [1.807, 2.05) is 0 Å². The van der Waals surface area contributed by atoms with Crippen molar-refractivity contribution in [2.45, 2.75) is 57.2 Å². The molecular formula is C12H18F3N3O. The van der Waals surface area contributed by atoms with Gasteiger partial charge >= 0.3 is 6.18 Å². The van der Waals surface area contributed by atoms with E-state index in [1.165, 1.54) is 0 Å². The van der Waals surface area contributed by atoms with Crippen LogP contribution in [0.25, 0.3) is 0 Å². The molecule has 108 valence electrons. The van der Waals surface area contributed by atoms with Crippen molar-refractivity contribution in [2.75, 3.05) is 0 Å². The maximum Gasteiger partial charge on any atom is 0.396 e. The monoisotopic (exact) mass is 277 g/mol. The summed E-state index contributed by atoms with van der Waals surface area (Å²) in [7, 11) is 0. The van der Waals surface area contributed by atoms with Crippen LogP contribution in [0, 0.1) is 5.92 Å². The van der Waals surface area contributed by atoms with Gasteiger partial charge in [-0.05, 0) is 31.6 Å². The van der Waals surface area contributed by atoms with Gasteiger partial charge in [0.05, 0.1) is 5.54 Å². The minimum Gasteiger partial charge on any atom is -0.337 e. The van der Waals surface area contributed by atoms with Crippen LogP contribution < -0.4 is 5.73 Å². The molecule has 2 N–H and O–H groups in total. The summed E-state index contributed by atoms with van der Waals surface area (Å²) in [5.41, 5.74) is 5.44. The lowest BCUT2D eigenvalue weighted by Gasteiger charge is -2.33. The summed E-state index contributed by atoms with van der Waals surface area (Å²) < 4.78 is 41.6. The largest absolute Gasteiger partial charge is 0.396 e. The highest BCUT2D eigenvalue weighted by Gasteiger charge is 2.39. The van der Waals surface area contributed by atoms with Crippen LogP contribution >= 0.6 is 0 Å². The molecule has 1 aromatic heterocycles. The van der Waals surface area contributed by atoms with Gasteiger partial charge in [0.15, 0.2) is 5.82 Å². The number of halogens is 3. The summed E-state index contributed by atoms with van der Waals surface area (Å²) in [6, 6.07) is 0. The molecule has 0 spiro atoms. The average Bonchev–Trinajstić information content (AvgIpc) is 2.77. The Kier molecular flexibility index (Phi) is 3.85. The summed E-state index contributed by atoms with van der Waals surface area (Å²) in [4.78, 5) is 3.82. The zero-order valence-electron chi connectivity index (χ0n) is 10.8. The second-order valence-corrected chi connectivity index (χ2v) is 5.32. The number of hydrogen-bond donors (Lipinski definition) is 1. The lowest BCUT2D eigenvalue weighted by Crippen LogP contribution is -2.40. The SMILES string of the molecule is CCC1CCC(N)(c2nc(CC(F)(F)F)no2)CC1. The fourth-order valence-electron chi connectivity index (χ4n) is 2.52. The maximum atomic E-state index is 12.2. The zero-order chi connectivity index (χ0) is 14.1. The van der Waals surface area contributed by atoms with Crippen LogP contribution in [0.15, 0.2) is 4.52 Å². The first-order valence-electron chi connectivity index (χ1n) is 6.51. The van der Waals surface area contributed by atoms with Gasteiger partial charge in [-0.25, -0.2) is 0 Å². The Bertz CT molecular complexity index is 422. The number of aromatic nitrogens is 2. The van der Waals surface area contributed by atoms with E-state index in [0.29, 0.717) is 18.8 Å². The van der Waals surface area contributed by atoms with Crippen LogP contribution in [-0.2, 0) is 12.0 Å². The normalized spacial score (nSPS) is 28.6. The highest BCUT2D eigenvalue weighted by molar-refractivity contribution is 5.04. The van der Waals surface area contributed by atoms with Crippen molar-refractivity contribution in [3.8, 4) is 0 Å². The molecule has 1 fully saturated rings. The van der Waals surface area contributed by atoms with Crippen LogP contribution in [0.3, 0.4) is 0 Å². The first-order chi connectivity index (χ1) is 8.82. The molecule has 1 aromatic rings. The van der Waals surface area contributed by atoms with E-state index in [2.05, 4.69) is 17.1 Å². The van der Waals surface area contributed by atoms with Gasteiger partial charge in [0.1, 0.15) is 6.42 Å². The Labute approximate surface area is 109 Å². The van der Waals surface area contributed by atoms with E-state index in [1.54, 1.807) is 0 Å². The Morgan fingerprint density at radius 3 is 2.53 bits per heavy atom. The van der Waals surface area contributed by atoms with Gasteiger partial charge in [-0.2, -0.15) is 18.2 Å². The number of nitrogens with zero attached hydrogens (tertiary/aromatic N) is 2. The van der Waals surface area contributed by atoms with Crippen LogP contribution in [0.2, 0.25) is 0 Å². The highest BCUT2D eigenvalue weighted by Crippen LogP contribution is 2.38. The van der Waals surface area contributed by atoms with Gasteiger partial charge in [0.2, 0.25) is 5.89 Å². The van der Waals surface area contributed by atoms with Crippen molar-refractivity contribution in [3.63, 3.8) is 0 Å². The first-order valence-corrected chi connectivity index (χ1v) is 6.51. The molecule has 0 radical (unpaired) electrons. The number of nitrogens with two attached hydrogens (primary N) is 1. The predicted octanol–water partition coefficient (Wildman–Crippen LogP) is 2.93. The molecule has 1 saturated carbocycles. The molecule has 4 nitrogen and oxygen atoms in total. The molecule has 0 unspecified atom stereocenters. The third kappa shape index (κ3) is 3.46.